The maximum absolute atomic E-state index is 12.4. The van der Waals surface area contributed by atoms with Crippen LogP contribution in [-0.2, 0) is 6.54 Å². The Kier molecular flexibility index (Phi) is 5.54. The van der Waals surface area contributed by atoms with Crippen LogP contribution in [0.4, 0.5) is 4.79 Å². The summed E-state index contributed by atoms with van der Waals surface area (Å²) in [5, 5.41) is 11.4. The smallest absolute Gasteiger partial charge is 0.317 e. The fourth-order valence-electron chi connectivity index (χ4n) is 2.90. The summed E-state index contributed by atoms with van der Waals surface area (Å²) in [6.07, 6.45) is 3.40. The minimum atomic E-state index is -0.176. The Hall–Kier alpha value is -3.16. The predicted octanol–water partition coefficient (Wildman–Crippen LogP) is 2.95. The highest BCUT2D eigenvalue weighted by Gasteiger charge is 2.15. The van der Waals surface area contributed by atoms with Crippen molar-refractivity contribution < 1.29 is 9.32 Å². The van der Waals surface area contributed by atoms with Gasteiger partial charge in [0.2, 0.25) is 0 Å². The van der Waals surface area contributed by atoms with Crippen molar-refractivity contribution in [1.82, 2.24) is 30.1 Å². The van der Waals surface area contributed by atoms with Gasteiger partial charge in [0.25, 0.3) is 0 Å². The van der Waals surface area contributed by atoms with Crippen LogP contribution in [0.25, 0.3) is 11.3 Å². The van der Waals surface area contributed by atoms with Gasteiger partial charge < -0.3 is 14.7 Å². The van der Waals surface area contributed by atoms with E-state index in [1.54, 1.807) is 24.3 Å². The minimum absolute atomic E-state index is 0.0691. The van der Waals surface area contributed by atoms with Crippen LogP contribution >= 0.6 is 0 Å². The lowest BCUT2D eigenvalue weighted by atomic mass is 10.2. The molecule has 3 rings (SSSR count). The quantitative estimate of drug-likeness (QED) is 0.722. The van der Waals surface area contributed by atoms with Crippen molar-refractivity contribution in [2.45, 2.75) is 33.4 Å². The number of pyridine rings is 1. The lowest BCUT2D eigenvalue weighted by Gasteiger charge is -2.19. The molecule has 0 saturated heterocycles. The number of nitrogens with zero attached hydrogens (tertiary/aromatic N) is 5. The normalized spacial score (nSPS) is 12.0. The molecule has 0 radical (unpaired) electrons. The Bertz CT molecular complexity index is 902. The molecule has 3 aromatic heterocycles. The second-order valence-corrected chi connectivity index (χ2v) is 6.68. The van der Waals surface area contributed by atoms with Gasteiger partial charge in [-0.2, -0.15) is 5.10 Å². The molecule has 0 aliphatic rings. The third-order valence-electron chi connectivity index (χ3n) is 4.29. The van der Waals surface area contributed by atoms with E-state index in [2.05, 4.69) is 20.6 Å². The summed E-state index contributed by atoms with van der Waals surface area (Å²) >= 11 is 0. The van der Waals surface area contributed by atoms with Crippen LogP contribution in [0.5, 0.6) is 0 Å². The van der Waals surface area contributed by atoms with E-state index in [9.17, 15) is 4.79 Å². The molecule has 0 aliphatic heterocycles. The summed E-state index contributed by atoms with van der Waals surface area (Å²) in [6.45, 7) is 6.81. The first-order valence-corrected chi connectivity index (χ1v) is 8.81. The summed E-state index contributed by atoms with van der Waals surface area (Å²) in [5.41, 5.74) is 3.69. The Morgan fingerprint density at radius 3 is 2.70 bits per heavy atom. The van der Waals surface area contributed by atoms with E-state index >= 15 is 0 Å². The second-order valence-electron chi connectivity index (χ2n) is 6.68. The van der Waals surface area contributed by atoms with Crippen LogP contribution in [0, 0.1) is 13.8 Å². The molecule has 1 atom stereocenters. The average Bonchev–Trinajstić information content (AvgIpc) is 3.26. The molecule has 8 nitrogen and oxygen atoms in total. The van der Waals surface area contributed by atoms with Gasteiger partial charge in [-0.05, 0) is 39.0 Å². The summed E-state index contributed by atoms with van der Waals surface area (Å²) < 4.78 is 7.27. The zero-order valence-electron chi connectivity index (χ0n) is 16.0. The SMILES string of the molecule is Cc1cc(C)n([C@@H](C)CNC(=O)N(C)Cc2cc(-c3ccncc3)no2)n1. The predicted molar refractivity (Wildman–Crippen MR) is 101 cm³/mol. The number of hydrogen-bond donors (Lipinski definition) is 1. The number of urea groups is 1. The molecule has 0 aromatic carbocycles. The molecule has 142 valence electrons. The van der Waals surface area contributed by atoms with Crippen LogP contribution in [0.2, 0.25) is 0 Å². The average molecular weight is 368 g/mol. The van der Waals surface area contributed by atoms with Crippen LogP contribution in [-0.4, -0.2) is 44.4 Å². The van der Waals surface area contributed by atoms with Crippen molar-refractivity contribution >= 4 is 6.03 Å². The summed E-state index contributed by atoms with van der Waals surface area (Å²) in [4.78, 5) is 17.9. The summed E-state index contributed by atoms with van der Waals surface area (Å²) in [7, 11) is 1.72. The van der Waals surface area contributed by atoms with Gasteiger partial charge in [-0.25, -0.2) is 4.79 Å². The monoisotopic (exact) mass is 368 g/mol. The van der Waals surface area contributed by atoms with E-state index in [0.29, 0.717) is 18.8 Å². The summed E-state index contributed by atoms with van der Waals surface area (Å²) in [5.74, 6) is 0.617. The standard InChI is InChI=1S/C19H24N6O2/c1-13-9-14(2)25(22-13)15(3)11-21-19(26)24(4)12-17-10-18(23-27-17)16-5-7-20-8-6-16/h5-10,15H,11-12H2,1-4H3,(H,21,26)/t15-/m0/s1. The van der Waals surface area contributed by atoms with Gasteiger partial charge in [0.1, 0.15) is 5.69 Å². The van der Waals surface area contributed by atoms with Gasteiger partial charge >= 0.3 is 6.03 Å². The van der Waals surface area contributed by atoms with Crippen LogP contribution in [0.1, 0.15) is 30.1 Å². The van der Waals surface area contributed by atoms with Gasteiger partial charge in [-0.1, -0.05) is 5.16 Å². The number of rotatable bonds is 6. The number of aromatic nitrogens is 4. The van der Waals surface area contributed by atoms with E-state index < -0.39 is 0 Å². The second kappa shape index (κ2) is 8.03. The number of hydrogen-bond acceptors (Lipinski definition) is 5. The molecule has 8 heteroatoms. The molecule has 0 unspecified atom stereocenters. The van der Waals surface area contributed by atoms with Gasteiger partial charge in [0.05, 0.1) is 18.3 Å². The van der Waals surface area contributed by atoms with Gasteiger partial charge in [0, 0.05) is 43.3 Å². The highest BCUT2D eigenvalue weighted by Crippen LogP contribution is 2.18. The Balaban J connectivity index is 1.53. The Labute approximate surface area is 158 Å². The topological polar surface area (TPSA) is 89.1 Å². The first kappa shape index (κ1) is 18.6. The zero-order valence-corrected chi connectivity index (χ0v) is 16.0. The third kappa shape index (κ3) is 4.52. The number of carbonyl (C=O) groups excluding carboxylic acids is 1. The maximum Gasteiger partial charge on any atom is 0.317 e. The van der Waals surface area contributed by atoms with Crippen LogP contribution in [0.15, 0.2) is 41.2 Å². The van der Waals surface area contributed by atoms with Crippen molar-refractivity contribution in [1.29, 1.82) is 0 Å². The largest absolute Gasteiger partial charge is 0.359 e. The molecular formula is C19H24N6O2. The van der Waals surface area contributed by atoms with Gasteiger partial charge in [0.15, 0.2) is 5.76 Å². The van der Waals surface area contributed by atoms with E-state index in [4.69, 9.17) is 4.52 Å². The lowest BCUT2D eigenvalue weighted by molar-refractivity contribution is 0.199. The van der Waals surface area contributed by atoms with Crippen molar-refractivity contribution in [3.05, 3.63) is 53.8 Å². The van der Waals surface area contributed by atoms with Gasteiger partial charge in [-0.3, -0.25) is 9.67 Å². The first-order chi connectivity index (χ1) is 12.9. The first-order valence-electron chi connectivity index (χ1n) is 8.81. The maximum atomic E-state index is 12.4. The molecule has 0 bridgehead atoms. The molecule has 3 heterocycles. The highest BCUT2D eigenvalue weighted by atomic mass is 16.5. The van der Waals surface area contributed by atoms with Crippen molar-refractivity contribution in [2.75, 3.05) is 13.6 Å². The molecule has 2 amide bonds. The van der Waals surface area contributed by atoms with Crippen LogP contribution in [0.3, 0.4) is 0 Å². The van der Waals surface area contributed by atoms with Crippen molar-refractivity contribution in [2.24, 2.45) is 0 Å². The third-order valence-corrected chi connectivity index (χ3v) is 4.29. The molecule has 0 aliphatic carbocycles. The fourth-order valence-corrected chi connectivity index (χ4v) is 2.90. The van der Waals surface area contributed by atoms with E-state index in [-0.39, 0.29) is 12.1 Å². The molecule has 3 aromatic rings. The zero-order chi connectivity index (χ0) is 19.4. The summed E-state index contributed by atoms with van der Waals surface area (Å²) in [6, 6.07) is 7.47. The van der Waals surface area contributed by atoms with Crippen LogP contribution < -0.4 is 5.32 Å². The van der Waals surface area contributed by atoms with E-state index in [1.165, 1.54) is 0 Å². The number of carbonyl (C=O) groups is 1. The number of nitrogens with one attached hydrogen (secondary N) is 1. The minimum Gasteiger partial charge on any atom is -0.359 e. The Morgan fingerprint density at radius 1 is 1.30 bits per heavy atom. The molecule has 1 N–H and O–H groups in total. The number of aryl methyl sites for hydroxylation is 2. The number of amides is 2. The van der Waals surface area contributed by atoms with E-state index in [0.717, 1.165) is 22.6 Å². The molecular weight excluding hydrogens is 344 g/mol. The molecule has 0 saturated carbocycles. The molecule has 0 spiro atoms. The lowest BCUT2D eigenvalue weighted by Crippen LogP contribution is -2.39. The Morgan fingerprint density at radius 2 is 2.04 bits per heavy atom. The fraction of sp³-hybridized carbons (Fsp3) is 0.368. The molecule has 27 heavy (non-hydrogen) atoms. The highest BCUT2D eigenvalue weighted by molar-refractivity contribution is 5.73. The van der Waals surface area contributed by atoms with Crippen molar-refractivity contribution in [3.63, 3.8) is 0 Å². The van der Waals surface area contributed by atoms with Crippen molar-refractivity contribution in [3.8, 4) is 11.3 Å². The van der Waals surface area contributed by atoms with Gasteiger partial charge in [-0.15, -0.1) is 0 Å². The molecule has 0 fully saturated rings. The van der Waals surface area contributed by atoms with E-state index in [1.807, 2.05) is 49.7 Å².